The maximum Gasteiger partial charge on any atom is 0.267 e. The molecule has 4 rings (SSSR count). The summed E-state index contributed by atoms with van der Waals surface area (Å²) >= 11 is 7.35. The summed E-state index contributed by atoms with van der Waals surface area (Å²) in [6, 6.07) is 10.3. The van der Waals surface area contributed by atoms with Crippen LogP contribution in [0.4, 0.5) is 10.1 Å². The number of nitrogens with one attached hydrogen (secondary N) is 1. The molecule has 31 heavy (non-hydrogen) atoms. The number of amides is 1. The van der Waals surface area contributed by atoms with Gasteiger partial charge in [0.1, 0.15) is 20.6 Å². The number of thiazole rings is 1. The van der Waals surface area contributed by atoms with E-state index in [1.54, 1.807) is 25.1 Å². The molecule has 1 fully saturated rings. The van der Waals surface area contributed by atoms with Gasteiger partial charge in [-0.3, -0.25) is 4.79 Å². The minimum Gasteiger partial charge on any atom is -0.321 e. The quantitative estimate of drug-likeness (QED) is 0.561. The monoisotopic (exact) mass is 479 g/mol. The fourth-order valence-corrected chi connectivity index (χ4v) is 6.34. The third-order valence-corrected chi connectivity index (χ3v) is 8.55. The number of aryl methyl sites for hydroxylation is 1. The third kappa shape index (κ3) is 4.50. The summed E-state index contributed by atoms with van der Waals surface area (Å²) in [5, 5.41) is 3.44. The number of anilines is 1. The molecule has 2 heterocycles. The second-order valence-electron chi connectivity index (χ2n) is 7.15. The highest BCUT2D eigenvalue weighted by atomic mass is 35.5. The molecule has 10 heteroatoms. The van der Waals surface area contributed by atoms with Crippen molar-refractivity contribution in [1.29, 1.82) is 0 Å². The molecule has 0 saturated carbocycles. The molecule has 6 nitrogen and oxygen atoms in total. The van der Waals surface area contributed by atoms with Crippen LogP contribution in [0.1, 0.15) is 28.2 Å². The number of carbonyl (C=O) groups excluding carboxylic acids is 1. The van der Waals surface area contributed by atoms with Crippen molar-refractivity contribution in [3.63, 3.8) is 0 Å². The van der Waals surface area contributed by atoms with Crippen LogP contribution in [0, 0.1) is 12.7 Å². The molecule has 1 aliphatic rings. The Hall–Kier alpha value is -2.33. The first kappa shape index (κ1) is 21.9. The number of nitrogens with zero attached hydrogens (tertiary/aromatic N) is 2. The van der Waals surface area contributed by atoms with Crippen LogP contribution in [0.3, 0.4) is 0 Å². The van der Waals surface area contributed by atoms with E-state index in [4.69, 9.17) is 11.6 Å². The Kier molecular flexibility index (Phi) is 6.11. The maximum atomic E-state index is 13.2. The molecule has 0 unspecified atom stereocenters. The Morgan fingerprint density at radius 1 is 1.16 bits per heavy atom. The highest BCUT2D eigenvalue weighted by Gasteiger charge is 2.29. The summed E-state index contributed by atoms with van der Waals surface area (Å²) < 4.78 is 40.4. The molecule has 1 saturated heterocycles. The van der Waals surface area contributed by atoms with Crippen LogP contribution in [0.15, 0.2) is 47.4 Å². The lowest BCUT2D eigenvalue weighted by molar-refractivity contribution is 0.102. The Balaban J connectivity index is 1.59. The molecule has 0 aliphatic carbocycles. The van der Waals surface area contributed by atoms with Crippen LogP contribution < -0.4 is 5.32 Å². The molecule has 0 atom stereocenters. The van der Waals surface area contributed by atoms with Gasteiger partial charge in [-0.25, -0.2) is 17.8 Å². The van der Waals surface area contributed by atoms with Crippen molar-refractivity contribution in [3.05, 3.63) is 63.9 Å². The predicted octanol–water partition coefficient (Wildman–Crippen LogP) is 4.95. The SMILES string of the molecule is Cc1nc(-c2ccc(F)cc2)sc1C(=O)Nc1ccc(Cl)c(S(=O)(=O)N2CCCC2)c1. The van der Waals surface area contributed by atoms with Crippen molar-refractivity contribution in [2.24, 2.45) is 0 Å². The molecular weight excluding hydrogens is 461 g/mol. The van der Waals surface area contributed by atoms with Crippen molar-refractivity contribution in [1.82, 2.24) is 9.29 Å². The molecule has 1 aliphatic heterocycles. The standard InChI is InChI=1S/C21H19ClFN3O3S2/c1-13-19(30-21(24-13)14-4-6-15(23)7-5-14)20(27)25-16-8-9-17(22)18(12-16)31(28,29)26-10-2-3-11-26/h4-9,12H,2-3,10-11H2,1H3,(H,25,27). The number of carbonyl (C=O) groups is 1. The molecule has 1 amide bonds. The van der Waals surface area contributed by atoms with Crippen LogP contribution in [-0.4, -0.2) is 36.7 Å². The van der Waals surface area contributed by atoms with Crippen LogP contribution in [-0.2, 0) is 10.0 Å². The number of halogens is 2. The van der Waals surface area contributed by atoms with Crippen LogP contribution in [0.2, 0.25) is 5.02 Å². The van der Waals surface area contributed by atoms with Gasteiger partial charge in [0.25, 0.3) is 5.91 Å². The average molecular weight is 480 g/mol. The summed E-state index contributed by atoms with van der Waals surface area (Å²) in [7, 11) is -3.73. The van der Waals surface area contributed by atoms with Crippen LogP contribution in [0.5, 0.6) is 0 Å². The van der Waals surface area contributed by atoms with Gasteiger partial charge in [0.05, 0.1) is 10.7 Å². The van der Waals surface area contributed by atoms with Crippen LogP contribution in [0.25, 0.3) is 10.6 Å². The number of aromatic nitrogens is 1. The molecule has 0 bridgehead atoms. The lowest BCUT2D eigenvalue weighted by atomic mass is 10.2. The van der Waals surface area contributed by atoms with Gasteiger partial charge in [-0.1, -0.05) is 11.6 Å². The van der Waals surface area contributed by atoms with E-state index in [0.29, 0.717) is 39.9 Å². The molecule has 2 aromatic carbocycles. The molecule has 0 radical (unpaired) electrons. The lowest BCUT2D eigenvalue weighted by Gasteiger charge is -2.17. The minimum atomic E-state index is -3.73. The van der Waals surface area contributed by atoms with E-state index >= 15 is 0 Å². The van der Waals surface area contributed by atoms with Crippen molar-refractivity contribution >= 4 is 44.6 Å². The van der Waals surface area contributed by atoms with E-state index in [9.17, 15) is 17.6 Å². The van der Waals surface area contributed by atoms with E-state index in [-0.39, 0.29) is 15.7 Å². The molecule has 1 N–H and O–H groups in total. The van der Waals surface area contributed by atoms with E-state index < -0.39 is 15.9 Å². The van der Waals surface area contributed by atoms with E-state index in [2.05, 4.69) is 10.3 Å². The zero-order chi connectivity index (χ0) is 22.2. The van der Waals surface area contributed by atoms with Crippen molar-refractivity contribution in [2.45, 2.75) is 24.7 Å². The number of hydrogen-bond acceptors (Lipinski definition) is 5. The third-order valence-electron chi connectivity index (χ3n) is 4.97. The van der Waals surface area contributed by atoms with Gasteiger partial charge < -0.3 is 5.32 Å². The summed E-state index contributed by atoms with van der Waals surface area (Å²) in [5.41, 5.74) is 1.56. The van der Waals surface area contributed by atoms with Gasteiger partial charge in [0.2, 0.25) is 10.0 Å². The molecule has 3 aromatic rings. The maximum absolute atomic E-state index is 13.2. The lowest BCUT2D eigenvalue weighted by Crippen LogP contribution is -2.28. The minimum absolute atomic E-state index is 0.0260. The summed E-state index contributed by atoms with van der Waals surface area (Å²) in [5.74, 6) is -0.757. The number of rotatable bonds is 5. The van der Waals surface area contributed by atoms with Gasteiger partial charge in [-0.2, -0.15) is 4.31 Å². The fourth-order valence-electron chi connectivity index (χ4n) is 3.36. The Morgan fingerprint density at radius 3 is 2.52 bits per heavy atom. The average Bonchev–Trinajstić information content (AvgIpc) is 3.40. The van der Waals surface area contributed by atoms with E-state index in [1.165, 1.54) is 39.9 Å². The summed E-state index contributed by atoms with van der Waals surface area (Å²) in [6.07, 6.45) is 1.63. The first-order valence-corrected chi connectivity index (χ1v) is 12.2. The highest BCUT2D eigenvalue weighted by Crippen LogP contribution is 2.31. The topological polar surface area (TPSA) is 79.4 Å². The zero-order valence-electron chi connectivity index (χ0n) is 16.6. The van der Waals surface area contributed by atoms with Crippen molar-refractivity contribution < 1.29 is 17.6 Å². The van der Waals surface area contributed by atoms with Gasteiger partial charge in [0.15, 0.2) is 0 Å². The highest BCUT2D eigenvalue weighted by molar-refractivity contribution is 7.89. The summed E-state index contributed by atoms with van der Waals surface area (Å²) in [6.45, 7) is 2.63. The summed E-state index contributed by atoms with van der Waals surface area (Å²) in [4.78, 5) is 17.6. The Morgan fingerprint density at radius 2 is 1.84 bits per heavy atom. The second kappa shape index (κ2) is 8.66. The fraction of sp³-hybridized carbons (Fsp3) is 0.238. The van der Waals surface area contributed by atoms with Crippen molar-refractivity contribution in [3.8, 4) is 10.6 Å². The molecule has 1 aromatic heterocycles. The first-order chi connectivity index (χ1) is 14.8. The Labute approximate surface area is 188 Å². The number of benzene rings is 2. The largest absolute Gasteiger partial charge is 0.321 e. The van der Waals surface area contributed by atoms with Crippen LogP contribution >= 0.6 is 22.9 Å². The normalized spacial score (nSPS) is 14.7. The predicted molar refractivity (Wildman–Crippen MR) is 120 cm³/mol. The van der Waals surface area contributed by atoms with E-state index in [0.717, 1.165) is 12.8 Å². The molecule has 162 valence electrons. The zero-order valence-corrected chi connectivity index (χ0v) is 19.0. The van der Waals surface area contributed by atoms with Crippen molar-refractivity contribution in [2.75, 3.05) is 18.4 Å². The van der Waals surface area contributed by atoms with Gasteiger partial charge in [0, 0.05) is 24.3 Å². The van der Waals surface area contributed by atoms with Gasteiger partial charge in [-0.15, -0.1) is 11.3 Å². The number of sulfonamides is 1. The molecular formula is C21H19ClFN3O3S2. The Bertz CT molecular complexity index is 1240. The first-order valence-electron chi connectivity index (χ1n) is 9.60. The smallest absolute Gasteiger partial charge is 0.267 e. The van der Waals surface area contributed by atoms with E-state index in [1.807, 2.05) is 0 Å². The number of hydrogen-bond donors (Lipinski definition) is 1. The van der Waals surface area contributed by atoms with Gasteiger partial charge in [-0.05, 0) is 62.2 Å². The molecule has 0 spiro atoms. The second-order valence-corrected chi connectivity index (χ2v) is 10.5. The van der Waals surface area contributed by atoms with Gasteiger partial charge >= 0.3 is 0 Å².